The molecule has 0 unspecified atom stereocenters. The first-order chi connectivity index (χ1) is 7.94. The summed E-state index contributed by atoms with van der Waals surface area (Å²) in [5.41, 5.74) is 2.85. The number of allylic oxidation sites excluding steroid dienone is 8. The average Bonchev–Trinajstić information content (AvgIpc) is 2.86. The van der Waals surface area contributed by atoms with Gasteiger partial charge in [0.2, 0.25) is 0 Å². The molecule has 1 heteroatoms. The molecule has 90 valence electrons. The van der Waals surface area contributed by atoms with Gasteiger partial charge in [0, 0.05) is 0 Å². The fourth-order valence-corrected chi connectivity index (χ4v) is 11.5. The molecule has 0 N–H and O–H groups in total. The number of hydrogen-bond donors (Lipinski definition) is 0. The molecular weight excluding hydrogens is 283 g/mol. The summed E-state index contributed by atoms with van der Waals surface area (Å²) in [7, 11) is 0. The molecule has 0 nitrogen and oxygen atoms in total. The van der Waals surface area contributed by atoms with Crippen molar-refractivity contribution in [2.24, 2.45) is 0 Å². The van der Waals surface area contributed by atoms with Crippen molar-refractivity contribution in [3.8, 4) is 0 Å². The molecule has 17 heavy (non-hydrogen) atoms. The summed E-state index contributed by atoms with van der Waals surface area (Å²) >= 11 is -2.61. The minimum atomic E-state index is -2.61. The molecule has 0 spiro atoms. The summed E-state index contributed by atoms with van der Waals surface area (Å²) in [6, 6.07) is 0. The zero-order valence-electron chi connectivity index (χ0n) is 11.4. The standard InChI is InChI=1S/2C6H7.C3H6.CH2.Zr/c2*1-6-4-2-3-5-6;1-3-2;;/h2*4-5H,2H2,1H3;1-2H3;1H2;. The summed E-state index contributed by atoms with van der Waals surface area (Å²) in [6.45, 7) is 9.01. The van der Waals surface area contributed by atoms with E-state index in [0.29, 0.717) is 0 Å². The maximum absolute atomic E-state index is 4.77. The van der Waals surface area contributed by atoms with Crippen molar-refractivity contribution in [3.05, 3.63) is 42.0 Å². The van der Waals surface area contributed by atoms with Gasteiger partial charge in [-0.15, -0.1) is 0 Å². The Morgan fingerprint density at radius 2 is 1.41 bits per heavy atom. The third-order valence-electron chi connectivity index (χ3n) is 4.04. The Bertz CT molecular complexity index is 537. The Morgan fingerprint density at radius 1 is 1.00 bits per heavy atom. The minimum absolute atomic E-state index is 1.15. The third kappa shape index (κ3) is 2.27. The fraction of sp³-hybridized carbons (Fsp3) is 0.375. The van der Waals surface area contributed by atoms with E-state index >= 15 is 0 Å². The maximum atomic E-state index is 4.77. The van der Waals surface area contributed by atoms with Crippen LogP contribution < -0.4 is 0 Å². The van der Waals surface area contributed by atoms with Crippen molar-refractivity contribution in [3.63, 3.8) is 0 Å². The fourth-order valence-electron chi connectivity index (χ4n) is 2.77. The van der Waals surface area contributed by atoms with Crippen LogP contribution in [0.1, 0.15) is 40.5 Å². The van der Waals surface area contributed by atoms with Gasteiger partial charge in [-0.25, -0.2) is 0 Å². The summed E-state index contributed by atoms with van der Waals surface area (Å²) < 4.78 is 9.69. The molecule has 0 radical (unpaired) electrons. The molecule has 0 aromatic rings. The molecule has 2 aliphatic carbocycles. The number of rotatable bonds is 2. The van der Waals surface area contributed by atoms with Crippen LogP contribution in [0.2, 0.25) is 0 Å². The van der Waals surface area contributed by atoms with Crippen LogP contribution in [0.5, 0.6) is 0 Å². The average molecular weight is 306 g/mol. The van der Waals surface area contributed by atoms with Gasteiger partial charge in [0.1, 0.15) is 0 Å². The van der Waals surface area contributed by atoms with Gasteiger partial charge in [0.05, 0.1) is 0 Å². The van der Waals surface area contributed by atoms with E-state index in [1.54, 1.807) is 9.77 Å². The van der Waals surface area contributed by atoms with Gasteiger partial charge in [-0.2, -0.15) is 0 Å². The van der Waals surface area contributed by atoms with Crippen molar-refractivity contribution in [1.82, 2.24) is 0 Å². The van der Waals surface area contributed by atoms with Crippen LogP contribution in [0, 0.1) is 0 Å². The molecule has 0 saturated carbocycles. The van der Waals surface area contributed by atoms with Gasteiger partial charge in [-0.1, -0.05) is 0 Å². The van der Waals surface area contributed by atoms with Crippen molar-refractivity contribution in [1.29, 1.82) is 0 Å². The van der Waals surface area contributed by atoms with Crippen LogP contribution >= 0.6 is 0 Å². The zero-order valence-corrected chi connectivity index (χ0v) is 13.9. The monoisotopic (exact) mass is 304 g/mol. The van der Waals surface area contributed by atoms with Crippen LogP contribution in [0.15, 0.2) is 42.0 Å². The Labute approximate surface area is 109 Å². The molecule has 0 aromatic carbocycles. The second-order valence-electron chi connectivity index (χ2n) is 5.55. The normalized spacial score (nSPS) is 18.8. The Hall–Kier alpha value is -0.417. The molecule has 0 fully saturated rings. The Kier molecular flexibility index (Phi) is 3.59. The van der Waals surface area contributed by atoms with Gasteiger partial charge >= 0.3 is 109 Å². The first kappa shape index (κ1) is 13.0. The molecule has 0 atom stereocenters. The van der Waals surface area contributed by atoms with Crippen LogP contribution in [-0.4, -0.2) is 7.42 Å². The third-order valence-corrected chi connectivity index (χ3v) is 15.3. The van der Waals surface area contributed by atoms with E-state index in [2.05, 4.69) is 52.0 Å². The molecule has 0 amide bonds. The quantitative estimate of drug-likeness (QED) is 0.715. The van der Waals surface area contributed by atoms with Crippen LogP contribution in [-0.2, 0) is 19.3 Å². The van der Waals surface area contributed by atoms with Gasteiger partial charge in [0.15, 0.2) is 0 Å². The summed E-state index contributed by atoms with van der Waals surface area (Å²) in [6.07, 6.45) is 11.8. The van der Waals surface area contributed by atoms with E-state index in [0.717, 1.165) is 12.8 Å². The van der Waals surface area contributed by atoms with E-state index in [-0.39, 0.29) is 0 Å². The summed E-state index contributed by atoms with van der Waals surface area (Å²) in [4.78, 5) is 0. The second-order valence-corrected chi connectivity index (χ2v) is 15.6. The molecule has 2 rings (SSSR count). The predicted molar refractivity (Wildman–Crippen MR) is 76.4 cm³/mol. The van der Waals surface area contributed by atoms with Crippen molar-refractivity contribution in [2.45, 2.75) is 40.5 Å². The SMILES string of the molecule is [CH2]=[Zr]([C]1=CC(C)=CC1)([C]1=CC(C)=CC1)=[C](C)C. The van der Waals surface area contributed by atoms with Gasteiger partial charge < -0.3 is 0 Å². The Morgan fingerprint density at radius 3 is 1.65 bits per heavy atom. The van der Waals surface area contributed by atoms with Crippen LogP contribution in [0.4, 0.5) is 0 Å². The van der Waals surface area contributed by atoms with Gasteiger partial charge in [-0.3, -0.25) is 0 Å². The first-order valence-corrected chi connectivity index (χ1v) is 11.8. The topological polar surface area (TPSA) is 0 Å². The molecule has 2 aliphatic rings. The van der Waals surface area contributed by atoms with E-state index in [1.807, 2.05) is 0 Å². The molecule has 0 aliphatic heterocycles. The summed E-state index contributed by atoms with van der Waals surface area (Å²) in [5, 5.41) is 0. The molecular formula is C16H22Zr. The van der Waals surface area contributed by atoms with E-state index < -0.39 is 19.3 Å². The second kappa shape index (κ2) is 4.69. The number of hydrogen-bond acceptors (Lipinski definition) is 0. The van der Waals surface area contributed by atoms with Crippen LogP contribution in [0.25, 0.3) is 0 Å². The van der Waals surface area contributed by atoms with E-state index in [4.69, 9.17) is 4.21 Å². The van der Waals surface area contributed by atoms with Gasteiger partial charge in [-0.05, 0) is 0 Å². The van der Waals surface area contributed by atoms with Crippen molar-refractivity contribution >= 4 is 7.42 Å². The summed E-state index contributed by atoms with van der Waals surface area (Å²) in [5.74, 6) is 0. The predicted octanol–water partition coefficient (Wildman–Crippen LogP) is 4.25. The first-order valence-electron chi connectivity index (χ1n) is 6.36. The Balaban J connectivity index is 2.52. The molecule has 0 saturated heterocycles. The van der Waals surface area contributed by atoms with Crippen LogP contribution in [0.3, 0.4) is 0 Å². The molecule has 0 heterocycles. The van der Waals surface area contributed by atoms with Crippen molar-refractivity contribution < 1.29 is 19.3 Å². The van der Waals surface area contributed by atoms with Crippen molar-refractivity contribution in [2.75, 3.05) is 0 Å². The van der Waals surface area contributed by atoms with E-state index in [9.17, 15) is 0 Å². The molecule has 0 bridgehead atoms. The van der Waals surface area contributed by atoms with Gasteiger partial charge in [0.25, 0.3) is 0 Å². The zero-order chi connectivity index (χ0) is 12.6. The van der Waals surface area contributed by atoms with E-state index in [1.165, 1.54) is 11.1 Å². The molecule has 0 aromatic heterocycles.